The van der Waals surface area contributed by atoms with Crippen LogP contribution in [0.1, 0.15) is 47.2 Å². The zero-order valence-corrected chi connectivity index (χ0v) is 18.7. The number of nitrogens with two attached hydrogens (primary N) is 1. The average Bonchev–Trinajstić information content (AvgIpc) is 2.77. The maximum Gasteiger partial charge on any atom is 0.254 e. The molecule has 170 valence electrons. The molecular weight excluding hydrogens is 406 g/mol. The van der Waals surface area contributed by atoms with Crippen molar-refractivity contribution in [3.05, 3.63) is 35.0 Å². The van der Waals surface area contributed by atoms with Crippen LogP contribution in [0.4, 0.5) is 23.1 Å². The summed E-state index contributed by atoms with van der Waals surface area (Å²) in [6.07, 6.45) is 8.37. The molecule has 1 aliphatic rings. The van der Waals surface area contributed by atoms with E-state index in [9.17, 15) is 4.79 Å². The summed E-state index contributed by atoms with van der Waals surface area (Å²) in [6.45, 7) is 3.92. The third-order valence-electron chi connectivity index (χ3n) is 5.66. The van der Waals surface area contributed by atoms with Crippen molar-refractivity contribution in [2.24, 2.45) is 10.8 Å². The van der Waals surface area contributed by atoms with Gasteiger partial charge in [0.05, 0.1) is 11.9 Å². The number of amides is 1. The number of primary amides is 1. The van der Waals surface area contributed by atoms with Gasteiger partial charge in [-0.1, -0.05) is 18.9 Å². The number of anilines is 4. The average molecular weight is 438 g/mol. The van der Waals surface area contributed by atoms with E-state index < -0.39 is 5.91 Å². The van der Waals surface area contributed by atoms with Gasteiger partial charge in [-0.15, -0.1) is 0 Å². The molecule has 3 rings (SSSR count). The molecule has 1 aromatic heterocycles. The maximum atomic E-state index is 12.0. The number of nitrogens with one attached hydrogen (secondary N) is 5. The summed E-state index contributed by atoms with van der Waals surface area (Å²) in [6, 6.07) is 4.43. The Morgan fingerprint density at radius 1 is 1.19 bits per heavy atom. The van der Waals surface area contributed by atoms with Gasteiger partial charge in [0.1, 0.15) is 11.4 Å². The van der Waals surface area contributed by atoms with E-state index in [4.69, 9.17) is 11.1 Å². The smallest absolute Gasteiger partial charge is 0.254 e. The molecule has 1 fully saturated rings. The number of nitrogens with zero attached hydrogens (tertiary/aromatic N) is 3. The maximum absolute atomic E-state index is 12.0. The van der Waals surface area contributed by atoms with E-state index in [1.165, 1.54) is 18.8 Å². The van der Waals surface area contributed by atoms with Crippen LogP contribution >= 0.6 is 0 Å². The van der Waals surface area contributed by atoms with Gasteiger partial charge in [0.25, 0.3) is 5.91 Å². The molecule has 1 aromatic carbocycles. The fraction of sp³-hybridized carbons (Fsp3) is 0.409. The Kier molecular flexibility index (Phi) is 7.72. The molecule has 2 aromatic rings. The summed E-state index contributed by atoms with van der Waals surface area (Å²) >= 11 is 0. The minimum atomic E-state index is -0.608. The van der Waals surface area contributed by atoms with Gasteiger partial charge >= 0.3 is 0 Å². The van der Waals surface area contributed by atoms with Gasteiger partial charge in [0.15, 0.2) is 0 Å². The number of aryl methyl sites for hydroxylation is 2. The van der Waals surface area contributed by atoms with Crippen molar-refractivity contribution in [2.75, 3.05) is 23.1 Å². The number of carbonyl (C=O) groups excluding carboxylic acids is 1. The van der Waals surface area contributed by atoms with Crippen molar-refractivity contribution in [2.45, 2.75) is 51.6 Å². The summed E-state index contributed by atoms with van der Waals surface area (Å²) in [5.74, 6) is 0.180. The molecule has 0 unspecified atom stereocenters. The highest BCUT2D eigenvalue weighted by molar-refractivity contribution is 6.14. The van der Waals surface area contributed by atoms with Crippen LogP contribution in [0.25, 0.3) is 0 Å². The Hall–Kier alpha value is -3.53. The molecule has 32 heavy (non-hydrogen) atoms. The molecule has 10 nitrogen and oxygen atoms in total. The van der Waals surface area contributed by atoms with Crippen LogP contribution in [0, 0.1) is 19.3 Å². The van der Waals surface area contributed by atoms with Gasteiger partial charge in [-0.05, 0) is 50.9 Å². The summed E-state index contributed by atoms with van der Waals surface area (Å²) in [4.78, 5) is 20.9. The van der Waals surface area contributed by atoms with Crippen molar-refractivity contribution in [1.29, 1.82) is 5.41 Å². The third-order valence-corrected chi connectivity index (χ3v) is 5.66. The molecule has 0 bridgehead atoms. The van der Waals surface area contributed by atoms with E-state index in [1.54, 1.807) is 0 Å². The minimum absolute atomic E-state index is 0.209. The van der Waals surface area contributed by atoms with Gasteiger partial charge < -0.3 is 27.1 Å². The first-order valence-electron chi connectivity index (χ1n) is 10.7. The molecule has 10 heteroatoms. The van der Waals surface area contributed by atoms with Crippen molar-refractivity contribution >= 4 is 41.5 Å². The lowest BCUT2D eigenvalue weighted by molar-refractivity contribution is 0.100. The number of likely N-dealkylation sites (N-methyl/N-ethyl adjacent to an activating group) is 1. The van der Waals surface area contributed by atoms with Gasteiger partial charge in [-0.3, -0.25) is 10.2 Å². The Morgan fingerprint density at radius 3 is 2.59 bits per heavy atom. The van der Waals surface area contributed by atoms with E-state index in [0.717, 1.165) is 48.0 Å². The first-order valence-corrected chi connectivity index (χ1v) is 10.7. The van der Waals surface area contributed by atoms with Crippen molar-refractivity contribution in [3.63, 3.8) is 0 Å². The fourth-order valence-electron chi connectivity index (χ4n) is 3.92. The lowest BCUT2D eigenvalue weighted by atomic mass is 9.90. The Bertz CT molecular complexity index is 1010. The van der Waals surface area contributed by atoms with E-state index >= 15 is 0 Å². The molecule has 0 saturated heterocycles. The van der Waals surface area contributed by atoms with E-state index in [2.05, 4.69) is 36.4 Å². The summed E-state index contributed by atoms with van der Waals surface area (Å²) < 4.78 is 0. The second-order valence-corrected chi connectivity index (χ2v) is 7.91. The zero-order chi connectivity index (χ0) is 23.1. The van der Waals surface area contributed by atoms with Crippen LogP contribution in [0.15, 0.2) is 23.4 Å². The van der Waals surface area contributed by atoms with Crippen molar-refractivity contribution in [3.8, 4) is 0 Å². The molecule has 1 aliphatic carbocycles. The lowest BCUT2D eigenvalue weighted by Gasteiger charge is -2.32. The van der Waals surface area contributed by atoms with Crippen LogP contribution in [0.2, 0.25) is 0 Å². The molecule has 0 radical (unpaired) electrons. The highest BCUT2D eigenvalue weighted by Crippen LogP contribution is 2.29. The largest absolute Gasteiger partial charge is 0.365 e. The van der Waals surface area contributed by atoms with Crippen molar-refractivity contribution in [1.82, 2.24) is 15.3 Å². The van der Waals surface area contributed by atoms with Crippen LogP contribution in [0.3, 0.4) is 0 Å². The fourth-order valence-corrected chi connectivity index (χ4v) is 3.92. The molecular formula is C22H31N9O. The minimum Gasteiger partial charge on any atom is -0.365 e. The second kappa shape index (κ2) is 10.7. The number of hydrogen-bond acceptors (Lipinski definition) is 9. The Balaban J connectivity index is 1.90. The predicted molar refractivity (Wildman–Crippen MR) is 129 cm³/mol. The standard InChI is InChI=1S/C22H31N9O/c1-13-10-14(2)19(31-27-9-8-23)11-18(13)28-21-15(20(24)32)12-26-22(30-21)29-17-7-5-4-6-16(17)25-3/h8-12,16-17,23,25,31H,4-7H2,1-3H3,(H2,24,32)(H2,26,28,29,30)/b23-8?,27-9-/t16-,17+/m0/s1. The highest BCUT2D eigenvalue weighted by Gasteiger charge is 2.25. The first-order chi connectivity index (χ1) is 15.4. The van der Waals surface area contributed by atoms with E-state index in [-0.39, 0.29) is 11.6 Å². The normalized spacial score (nSPS) is 18.3. The summed E-state index contributed by atoms with van der Waals surface area (Å²) in [5.41, 5.74) is 12.2. The molecule has 2 atom stereocenters. The van der Waals surface area contributed by atoms with Crippen molar-refractivity contribution < 1.29 is 4.79 Å². The zero-order valence-electron chi connectivity index (χ0n) is 18.7. The highest BCUT2D eigenvalue weighted by atomic mass is 16.1. The predicted octanol–water partition coefficient (Wildman–Crippen LogP) is 2.93. The lowest BCUT2D eigenvalue weighted by Crippen LogP contribution is -2.44. The van der Waals surface area contributed by atoms with Crippen LogP contribution in [-0.2, 0) is 0 Å². The van der Waals surface area contributed by atoms with Crippen LogP contribution in [0.5, 0.6) is 0 Å². The Morgan fingerprint density at radius 2 is 1.91 bits per heavy atom. The summed E-state index contributed by atoms with van der Waals surface area (Å²) in [5, 5.41) is 21.0. The van der Waals surface area contributed by atoms with Crippen LogP contribution in [-0.4, -0.2) is 47.4 Å². The van der Waals surface area contributed by atoms with E-state index in [0.29, 0.717) is 17.8 Å². The van der Waals surface area contributed by atoms with Gasteiger partial charge in [0, 0.05) is 30.2 Å². The van der Waals surface area contributed by atoms with Crippen LogP contribution < -0.4 is 27.1 Å². The number of carbonyl (C=O) groups is 1. The third kappa shape index (κ3) is 5.58. The Labute approximate surface area is 188 Å². The number of hydrogen-bond donors (Lipinski definition) is 6. The molecule has 1 amide bonds. The molecule has 7 N–H and O–H groups in total. The molecule has 1 heterocycles. The number of rotatable bonds is 9. The second-order valence-electron chi connectivity index (χ2n) is 7.91. The van der Waals surface area contributed by atoms with Gasteiger partial charge in [-0.25, -0.2) is 4.98 Å². The van der Waals surface area contributed by atoms with Gasteiger partial charge in [0.2, 0.25) is 5.95 Å². The van der Waals surface area contributed by atoms with Gasteiger partial charge in [-0.2, -0.15) is 10.1 Å². The topological polar surface area (TPSA) is 153 Å². The SMILES string of the molecule is CN[C@H]1CCCC[C@H]1Nc1ncc(C(N)=O)c(Nc2cc(N/N=C\C=N)c(C)cc2C)n1. The molecule has 1 saturated carbocycles. The molecule has 0 spiro atoms. The number of benzene rings is 1. The monoisotopic (exact) mass is 437 g/mol. The quantitative estimate of drug-likeness (QED) is 0.260. The summed E-state index contributed by atoms with van der Waals surface area (Å²) in [7, 11) is 1.96. The van der Waals surface area contributed by atoms with E-state index in [1.807, 2.05) is 33.0 Å². The first kappa shape index (κ1) is 23.1. The number of aromatic nitrogens is 2. The number of hydrazone groups is 1. The molecule has 0 aliphatic heterocycles.